The minimum absolute atomic E-state index is 0.161. The Kier molecular flexibility index (Phi) is 16.7. The number of ketones is 1. The highest BCUT2D eigenvalue weighted by Crippen LogP contribution is 2.34. The monoisotopic (exact) mass is 767 g/mol. The van der Waals surface area contributed by atoms with Crippen molar-refractivity contribution in [1.29, 1.82) is 0 Å². The van der Waals surface area contributed by atoms with Crippen molar-refractivity contribution in [3.63, 3.8) is 0 Å². The SMILES string of the molecule is CCC.CN(C)C(=O)C(NC(=O)CNC(=O)C(=O)C(CC1CC1)NC(=O)C1CCCN1C(=O)C(NC(=O)NC1(C)CCCCC1)C(C)(C)C)c1ccccc1. The Morgan fingerprint density at radius 3 is 2.05 bits per heavy atom. The van der Waals surface area contributed by atoms with Crippen LogP contribution in [0.2, 0.25) is 0 Å². The number of rotatable bonds is 14. The summed E-state index contributed by atoms with van der Waals surface area (Å²) in [4.78, 5) is 95.9. The van der Waals surface area contributed by atoms with Crippen molar-refractivity contribution in [1.82, 2.24) is 36.4 Å². The summed E-state index contributed by atoms with van der Waals surface area (Å²) in [7, 11) is 3.13. The van der Waals surface area contributed by atoms with E-state index in [2.05, 4.69) is 40.4 Å². The van der Waals surface area contributed by atoms with Crippen molar-refractivity contribution >= 4 is 41.4 Å². The number of nitrogens with one attached hydrogen (secondary N) is 5. The van der Waals surface area contributed by atoms with Gasteiger partial charge in [-0.1, -0.05) is 103 Å². The van der Waals surface area contributed by atoms with E-state index in [1.54, 1.807) is 44.4 Å². The molecule has 3 aliphatic rings. The predicted octanol–water partition coefficient (Wildman–Crippen LogP) is 3.75. The maximum Gasteiger partial charge on any atom is 0.315 e. The Morgan fingerprint density at radius 1 is 0.873 bits per heavy atom. The zero-order chi connectivity index (χ0) is 40.9. The van der Waals surface area contributed by atoms with Crippen molar-refractivity contribution in [3.8, 4) is 0 Å². The molecule has 55 heavy (non-hydrogen) atoms. The first-order valence-corrected chi connectivity index (χ1v) is 20.0. The van der Waals surface area contributed by atoms with Gasteiger partial charge in [0.2, 0.25) is 29.4 Å². The molecule has 14 nitrogen and oxygen atoms in total. The van der Waals surface area contributed by atoms with E-state index in [-0.39, 0.29) is 29.7 Å². The lowest BCUT2D eigenvalue weighted by atomic mass is 9.83. The van der Waals surface area contributed by atoms with Gasteiger partial charge in [0.1, 0.15) is 18.1 Å². The molecule has 1 aliphatic heterocycles. The third-order valence-electron chi connectivity index (χ3n) is 10.3. The Bertz CT molecular complexity index is 1500. The molecule has 1 aromatic rings. The summed E-state index contributed by atoms with van der Waals surface area (Å²) in [5.74, 6) is -3.74. The first-order chi connectivity index (χ1) is 25.9. The lowest BCUT2D eigenvalue weighted by Gasteiger charge is -2.38. The first kappa shape index (κ1) is 44.9. The van der Waals surface area contributed by atoms with Gasteiger partial charge in [0, 0.05) is 26.2 Å². The number of carbonyl (C=O) groups is 7. The third kappa shape index (κ3) is 13.6. The Balaban J connectivity index is 0.00000262. The molecule has 0 bridgehead atoms. The number of urea groups is 1. The van der Waals surface area contributed by atoms with Crippen LogP contribution in [-0.4, -0.2) is 102 Å². The zero-order valence-electron chi connectivity index (χ0n) is 34.2. The molecular formula is C41H65N7O7. The summed E-state index contributed by atoms with van der Waals surface area (Å²) in [5, 5.41) is 13.7. The van der Waals surface area contributed by atoms with Crippen molar-refractivity contribution in [3.05, 3.63) is 35.9 Å². The van der Waals surface area contributed by atoms with Crippen LogP contribution in [0.1, 0.15) is 124 Å². The van der Waals surface area contributed by atoms with Crippen LogP contribution in [0.5, 0.6) is 0 Å². The van der Waals surface area contributed by atoms with E-state index in [0.717, 1.165) is 44.9 Å². The number of likely N-dealkylation sites (N-methyl/N-ethyl adjacent to an activating group) is 1. The number of likely N-dealkylation sites (tertiary alicyclic amines) is 1. The minimum atomic E-state index is -1.15. The molecule has 3 fully saturated rings. The molecule has 7 amide bonds. The van der Waals surface area contributed by atoms with Crippen LogP contribution in [0.15, 0.2) is 30.3 Å². The number of hydrogen-bond acceptors (Lipinski definition) is 7. The van der Waals surface area contributed by atoms with Crippen LogP contribution >= 0.6 is 0 Å². The van der Waals surface area contributed by atoms with Gasteiger partial charge in [-0.3, -0.25) is 28.8 Å². The summed E-state index contributed by atoms with van der Waals surface area (Å²) in [6, 6.07) is 4.31. The average Bonchev–Trinajstić information content (AvgIpc) is 3.81. The molecule has 0 spiro atoms. The maximum absolute atomic E-state index is 14.0. The number of amides is 7. The molecule has 1 aromatic carbocycles. The minimum Gasteiger partial charge on any atom is -0.347 e. The zero-order valence-corrected chi connectivity index (χ0v) is 34.2. The summed E-state index contributed by atoms with van der Waals surface area (Å²) in [5.41, 5.74) is -0.453. The Morgan fingerprint density at radius 2 is 1.49 bits per heavy atom. The highest BCUT2D eigenvalue weighted by Gasteiger charge is 2.44. The van der Waals surface area contributed by atoms with E-state index in [1.807, 2.05) is 27.7 Å². The molecule has 0 radical (unpaired) electrons. The van der Waals surface area contributed by atoms with Crippen LogP contribution in [0, 0.1) is 11.3 Å². The number of carbonyl (C=O) groups excluding carboxylic acids is 7. The molecule has 306 valence electrons. The second-order valence-electron chi connectivity index (χ2n) is 16.8. The molecule has 4 atom stereocenters. The quantitative estimate of drug-likeness (QED) is 0.179. The van der Waals surface area contributed by atoms with Gasteiger partial charge in [-0.2, -0.15) is 0 Å². The summed E-state index contributed by atoms with van der Waals surface area (Å²) in [6.07, 6.45) is 9.05. The second kappa shape index (κ2) is 20.4. The van der Waals surface area contributed by atoms with Crippen LogP contribution in [0.25, 0.3) is 0 Å². The Labute approximate surface area is 327 Å². The van der Waals surface area contributed by atoms with Gasteiger partial charge in [0.15, 0.2) is 0 Å². The lowest BCUT2D eigenvalue weighted by Crippen LogP contribution is -2.61. The topological polar surface area (TPSA) is 186 Å². The molecule has 2 saturated carbocycles. The smallest absolute Gasteiger partial charge is 0.315 e. The van der Waals surface area contributed by atoms with E-state index in [9.17, 15) is 33.6 Å². The lowest BCUT2D eigenvalue weighted by molar-refractivity contribution is -0.144. The molecule has 1 saturated heterocycles. The second-order valence-corrected chi connectivity index (χ2v) is 16.8. The van der Waals surface area contributed by atoms with Gasteiger partial charge in [-0.15, -0.1) is 0 Å². The average molecular weight is 768 g/mol. The van der Waals surface area contributed by atoms with Crippen LogP contribution in [0.4, 0.5) is 4.79 Å². The van der Waals surface area contributed by atoms with Gasteiger partial charge < -0.3 is 36.4 Å². The molecule has 1 heterocycles. The normalized spacial score (nSPS) is 19.3. The molecule has 14 heteroatoms. The molecular weight excluding hydrogens is 702 g/mol. The summed E-state index contributed by atoms with van der Waals surface area (Å²) in [6.45, 7) is 11.6. The highest BCUT2D eigenvalue weighted by atomic mass is 16.2. The molecule has 5 N–H and O–H groups in total. The molecule has 4 unspecified atom stereocenters. The number of benzene rings is 1. The third-order valence-corrected chi connectivity index (χ3v) is 10.3. The first-order valence-electron chi connectivity index (χ1n) is 20.0. The summed E-state index contributed by atoms with van der Waals surface area (Å²) < 4.78 is 0. The predicted molar refractivity (Wildman–Crippen MR) is 210 cm³/mol. The van der Waals surface area contributed by atoms with Gasteiger partial charge in [0.25, 0.3) is 5.91 Å². The van der Waals surface area contributed by atoms with E-state index in [4.69, 9.17) is 0 Å². The standard InChI is InChI=1S/C38H57N7O7.C3H8/c1-37(2,3)31(42-36(52)43-38(4)19-11-8-12-20-38)35(51)45-21-13-16-27(45)32(48)40-26(22-24-17-18-24)30(47)33(49)39-23-28(46)41-29(34(50)44(5)6)25-14-9-7-10-15-25;1-3-2/h7,9-10,14-15,24,26-27,29,31H,8,11-13,16-23H2,1-6H3,(H,39,49)(H,40,48)(H,41,46)(H2,42,43,52);3H2,1-2H3. The fraction of sp³-hybridized carbons (Fsp3) is 0.683. The van der Waals surface area contributed by atoms with E-state index >= 15 is 0 Å². The van der Waals surface area contributed by atoms with E-state index in [0.29, 0.717) is 24.9 Å². The summed E-state index contributed by atoms with van der Waals surface area (Å²) >= 11 is 0. The largest absolute Gasteiger partial charge is 0.347 e. The van der Waals surface area contributed by atoms with Crippen molar-refractivity contribution < 1.29 is 33.6 Å². The van der Waals surface area contributed by atoms with Gasteiger partial charge in [-0.25, -0.2) is 4.79 Å². The number of Topliss-reactive ketones (excluding diaryl/α,β-unsaturated/α-hetero) is 1. The van der Waals surface area contributed by atoms with Crippen LogP contribution in [-0.2, 0) is 28.8 Å². The fourth-order valence-electron chi connectivity index (χ4n) is 7.01. The fourth-order valence-corrected chi connectivity index (χ4v) is 7.01. The van der Waals surface area contributed by atoms with Crippen molar-refractivity contribution in [2.45, 2.75) is 142 Å². The number of hydrogen-bond donors (Lipinski definition) is 5. The van der Waals surface area contributed by atoms with Gasteiger partial charge in [0.05, 0.1) is 12.6 Å². The molecule has 4 rings (SSSR count). The molecule has 0 aromatic heterocycles. The van der Waals surface area contributed by atoms with Gasteiger partial charge in [-0.05, 0) is 55.9 Å². The van der Waals surface area contributed by atoms with Crippen LogP contribution < -0.4 is 26.6 Å². The van der Waals surface area contributed by atoms with Crippen molar-refractivity contribution in [2.75, 3.05) is 27.2 Å². The van der Waals surface area contributed by atoms with E-state index in [1.165, 1.54) is 16.2 Å². The highest BCUT2D eigenvalue weighted by molar-refractivity contribution is 6.38. The van der Waals surface area contributed by atoms with E-state index < -0.39 is 65.7 Å². The van der Waals surface area contributed by atoms with Crippen molar-refractivity contribution in [2.24, 2.45) is 11.3 Å². The number of nitrogens with zero attached hydrogens (tertiary/aromatic N) is 2. The van der Waals surface area contributed by atoms with Crippen LogP contribution in [0.3, 0.4) is 0 Å². The maximum atomic E-state index is 14.0. The van der Waals surface area contributed by atoms with Gasteiger partial charge >= 0.3 is 6.03 Å². The Hall–Kier alpha value is -4.49. The molecule has 2 aliphatic carbocycles.